The fourth-order valence-electron chi connectivity index (χ4n) is 3.41. The summed E-state index contributed by atoms with van der Waals surface area (Å²) < 4.78 is 7.94. The van der Waals surface area contributed by atoms with Crippen molar-refractivity contribution in [2.45, 2.75) is 32.4 Å². The summed E-state index contributed by atoms with van der Waals surface area (Å²) in [7, 11) is 3.50. The zero-order valence-corrected chi connectivity index (χ0v) is 14.7. The molecule has 7 nitrogen and oxygen atoms in total. The first kappa shape index (κ1) is 16.0. The lowest BCUT2D eigenvalue weighted by Gasteiger charge is -2.14. The third-order valence-corrected chi connectivity index (χ3v) is 4.71. The minimum absolute atomic E-state index is 0.0335. The van der Waals surface area contributed by atoms with Crippen LogP contribution < -0.4 is 0 Å². The van der Waals surface area contributed by atoms with Gasteiger partial charge in [-0.15, -0.1) is 10.2 Å². The van der Waals surface area contributed by atoms with Gasteiger partial charge in [0.1, 0.15) is 5.82 Å². The molecule has 1 aliphatic heterocycles. The summed E-state index contributed by atoms with van der Waals surface area (Å²) in [5.74, 6) is 0.852. The number of amides is 1. The number of fused-ring (bicyclic) bond motifs is 3. The lowest BCUT2D eigenvalue weighted by atomic mass is 10.1. The van der Waals surface area contributed by atoms with Gasteiger partial charge >= 0.3 is 0 Å². The van der Waals surface area contributed by atoms with Gasteiger partial charge in [-0.25, -0.2) is 4.98 Å². The number of ether oxygens (including phenoxy) is 1. The fraction of sp³-hybridized carbons (Fsp3) is 0.444. The van der Waals surface area contributed by atoms with Gasteiger partial charge in [0.05, 0.1) is 23.7 Å². The average molecular weight is 339 g/mol. The van der Waals surface area contributed by atoms with Gasteiger partial charge < -0.3 is 14.2 Å². The van der Waals surface area contributed by atoms with Crippen LogP contribution in [0.3, 0.4) is 0 Å². The minimum atomic E-state index is -0.0335. The van der Waals surface area contributed by atoms with E-state index in [1.807, 2.05) is 19.1 Å². The predicted molar refractivity (Wildman–Crippen MR) is 94.6 cm³/mol. The zero-order valence-electron chi connectivity index (χ0n) is 14.7. The topological polar surface area (TPSA) is 73.1 Å². The Morgan fingerprint density at radius 2 is 2.20 bits per heavy atom. The molecule has 0 bridgehead atoms. The molecule has 25 heavy (non-hydrogen) atoms. The first-order chi connectivity index (χ1) is 12.0. The summed E-state index contributed by atoms with van der Waals surface area (Å²) in [6.45, 7) is 3.53. The van der Waals surface area contributed by atoms with Crippen molar-refractivity contribution in [3.05, 3.63) is 29.6 Å². The van der Waals surface area contributed by atoms with Crippen LogP contribution in [0.15, 0.2) is 18.2 Å². The predicted octanol–water partition coefficient (Wildman–Crippen LogP) is 2.17. The zero-order chi connectivity index (χ0) is 17.6. The SMILES string of the molecule is Cc1nc2nnc3ccc(C(=O)N(C)C)cc3c2n1C[C@H]1CCCO1. The smallest absolute Gasteiger partial charge is 0.253 e. The quantitative estimate of drug-likeness (QED) is 0.731. The van der Waals surface area contributed by atoms with Gasteiger partial charge in [-0.05, 0) is 38.0 Å². The van der Waals surface area contributed by atoms with Gasteiger partial charge in [0.25, 0.3) is 5.91 Å². The molecule has 1 aliphatic rings. The number of aryl methyl sites for hydroxylation is 1. The molecular formula is C18H21N5O2. The van der Waals surface area contributed by atoms with Crippen molar-refractivity contribution in [1.29, 1.82) is 0 Å². The van der Waals surface area contributed by atoms with Gasteiger partial charge in [0.2, 0.25) is 5.65 Å². The largest absolute Gasteiger partial charge is 0.376 e. The third kappa shape index (κ3) is 2.74. The van der Waals surface area contributed by atoms with Gasteiger partial charge in [-0.3, -0.25) is 4.79 Å². The summed E-state index contributed by atoms with van der Waals surface area (Å²) in [5.41, 5.74) is 2.93. The number of hydrogen-bond donors (Lipinski definition) is 0. The summed E-state index contributed by atoms with van der Waals surface area (Å²) >= 11 is 0. The number of aromatic nitrogens is 4. The van der Waals surface area contributed by atoms with E-state index in [2.05, 4.69) is 19.7 Å². The summed E-state index contributed by atoms with van der Waals surface area (Å²) in [4.78, 5) is 18.5. The Bertz CT molecular complexity index is 957. The number of hydrogen-bond acceptors (Lipinski definition) is 5. The number of benzene rings is 1. The van der Waals surface area contributed by atoms with E-state index in [1.54, 1.807) is 25.1 Å². The highest BCUT2D eigenvalue weighted by Gasteiger charge is 2.21. The molecule has 0 unspecified atom stereocenters. The Morgan fingerprint density at radius 1 is 1.36 bits per heavy atom. The van der Waals surface area contributed by atoms with E-state index >= 15 is 0 Å². The standard InChI is InChI=1S/C18H21N5O2/c1-11-19-17-16(23(11)10-13-5-4-8-25-13)14-9-12(18(24)22(2)3)6-7-15(14)20-21-17/h6-7,9,13H,4-5,8,10H2,1-3H3/t13-/m1/s1. The van der Waals surface area contributed by atoms with E-state index in [0.717, 1.165) is 48.2 Å². The second-order valence-corrected chi connectivity index (χ2v) is 6.71. The molecule has 2 aromatic heterocycles. The highest BCUT2D eigenvalue weighted by molar-refractivity contribution is 6.05. The van der Waals surface area contributed by atoms with Crippen LogP contribution in [0.4, 0.5) is 0 Å². The Balaban J connectivity index is 1.90. The van der Waals surface area contributed by atoms with E-state index in [0.29, 0.717) is 11.2 Å². The Morgan fingerprint density at radius 3 is 2.92 bits per heavy atom. The second-order valence-electron chi connectivity index (χ2n) is 6.71. The Kier molecular flexibility index (Phi) is 3.88. The van der Waals surface area contributed by atoms with Gasteiger partial charge in [-0.2, -0.15) is 0 Å². The molecule has 130 valence electrons. The van der Waals surface area contributed by atoms with Crippen LogP contribution in [-0.2, 0) is 11.3 Å². The van der Waals surface area contributed by atoms with E-state index < -0.39 is 0 Å². The van der Waals surface area contributed by atoms with Gasteiger partial charge in [0.15, 0.2) is 0 Å². The summed E-state index contributed by atoms with van der Waals surface area (Å²) in [5, 5.41) is 9.42. The first-order valence-electron chi connectivity index (χ1n) is 8.51. The molecule has 1 aromatic carbocycles. The van der Waals surface area contributed by atoms with Crippen LogP contribution in [0.5, 0.6) is 0 Å². The highest BCUT2D eigenvalue weighted by atomic mass is 16.5. The number of carbonyl (C=O) groups is 1. The molecule has 0 aliphatic carbocycles. The maximum atomic E-state index is 12.3. The third-order valence-electron chi connectivity index (χ3n) is 4.71. The number of rotatable bonds is 3. The van der Waals surface area contributed by atoms with Crippen LogP contribution in [-0.4, -0.2) is 57.4 Å². The summed E-state index contributed by atoms with van der Waals surface area (Å²) in [6.07, 6.45) is 2.35. The van der Waals surface area contributed by atoms with Crippen LogP contribution in [0, 0.1) is 6.92 Å². The van der Waals surface area contributed by atoms with Crippen LogP contribution in [0.2, 0.25) is 0 Å². The fourth-order valence-corrected chi connectivity index (χ4v) is 3.41. The van der Waals surface area contributed by atoms with Crippen molar-refractivity contribution in [1.82, 2.24) is 24.6 Å². The molecule has 4 rings (SSSR count). The molecule has 0 spiro atoms. The molecule has 1 amide bonds. The molecule has 1 saturated heterocycles. The molecule has 0 N–H and O–H groups in total. The van der Waals surface area contributed by atoms with Gasteiger partial charge in [0, 0.05) is 31.7 Å². The molecule has 3 aromatic rings. The summed E-state index contributed by atoms with van der Waals surface area (Å²) in [6, 6.07) is 5.53. The van der Waals surface area contributed by atoms with Crippen LogP contribution in [0.25, 0.3) is 22.1 Å². The number of imidazole rings is 1. The molecule has 1 atom stereocenters. The van der Waals surface area contributed by atoms with Crippen molar-refractivity contribution in [2.75, 3.05) is 20.7 Å². The normalized spacial score (nSPS) is 17.5. The molecule has 3 heterocycles. The van der Waals surface area contributed by atoms with E-state index in [1.165, 1.54) is 0 Å². The van der Waals surface area contributed by atoms with Crippen LogP contribution >= 0.6 is 0 Å². The first-order valence-corrected chi connectivity index (χ1v) is 8.51. The molecule has 1 fully saturated rings. The number of nitrogens with zero attached hydrogens (tertiary/aromatic N) is 5. The monoisotopic (exact) mass is 339 g/mol. The molecule has 0 radical (unpaired) electrons. The minimum Gasteiger partial charge on any atom is -0.376 e. The Hall–Kier alpha value is -2.54. The van der Waals surface area contributed by atoms with Gasteiger partial charge in [-0.1, -0.05) is 0 Å². The van der Waals surface area contributed by atoms with Crippen molar-refractivity contribution in [3.63, 3.8) is 0 Å². The molecule has 0 saturated carbocycles. The average Bonchev–Trinajstić information content (AvgIpc) is 3.22. The maximum Gasteiger partial charge on any atom is 0.253 e. The molecular weight excluding hydrogens is 318 g/mol. The van der Waals surface area contributed by atoms with E-state index in [-0.39, 0.29) is 12.0 Å². The van der Waals surface area contributed by atoms with Crippen molar-refractivity contribution < 1.29 is 9.53 Å². The van der Waals surface area contributed by atoms with Crippen molar-refractivity contribution >= 4 is 28.0 Å². The van der Waals surface area contributed by atoms with Crippen molar-refractivity contribution in [3.8, 4) is 0 Å². The van der Waals surface area contributed by atoms with Crippen LogP contribution in [0.1, 0.15) is 29.0 Å². The lowest BCUT2D eigenvalue weighted by molar-refractivity contribution is 0.0827. The maximum absolute atomic E-state index is 12.3. The van der Waals surface area contributed by atoms with E-state index in [4.69, 9.17) is 4.74 Å². The lowest BCUT2D eigenvalue weighted by Crippen LogP contribution is -2.21. The number of carbonyl (C=O) groups excluding carboxylic acids is 1. The van der Waals surface area contributed by atoms with Crippen molar-refractivity contribution in [2.24, 2.45) is 0 Å². The van der Waals surface area contributed by atoms with E-state index in [9.17, 15) is 4.79 Å². The Labute approximate surface area is 145 Å². The highest BCUT2D eigenvalue weighted by Crippen LogP contribution is 2.26. The second kappa shape index (κ2) is 6.07. The molecule has 7 heteroatoms.